The van der Waals surface area contributed by atoms with Gasteiger partial charge in [-0.05, 0) is 43.4 Å². The highest BCUT2D eigenvalue weighted by Gasteiger charge is 2.40. The summed E-state index contributed by atoms with van der Waals surface area (Å²) < 4.78 is 0. The molecule has 1 atom stereocenters. The topological polar surface area (TPSA) is 66.5 Å². The van der Waals surface area contributed by atoms with Crippen LogP contribution < -0.4 is 5.32 Å². The molecule has 0 unspecified atom stereocenters. The van der Waals surface area contributed by atoms with Crippen molar-refractivity contribution in [1.82, 2.24) is 10.2 Å². The van der Waals surface area contributed by atoms with Crippen molar-refractivity contribution in [2.75, 3.05) is 11.5 Å². The maximum absolute atomic E-state index is 12.4. The Morgan fingerprint density at radius 2 is 1.73 bits per heavy atom. The van der Waals surface area contributed by atoms with Crippen molar-refractivity contribution < 1.29 is 14.4 Å². The smallest absolute Gasteiger partial charge is 0.262 e. The van der Waals surface area contributed by atoms with Crippen molar-refractivity contribution in [2.24, 2.45) is 0 Å². The Balaban J connectivity index is 1.72. The van der Waals surface area contributed by atoms with Gasteiger partial charge >= 0.3 is 0 Å². The van der Waals surface area contributed by atoms with Crippen LogP contribution in [0.5, 0.6) is 0 Å². The standard InChI is InChI=1S/C16H18N2O3S/c1-10(14(19)17-11-6-8-22-9-7-11)18-15(20)12-4-2-3-5-13(12)16(18)21/h2-5,10-11H,6-9H2,1H3,(H,17,19)/t10-/m0/s1. The molecule has 0 saturated carbocycles. The minimum Gasteiger partial charge on any atom is -0.352 e. The average Bonchev–Trinajstić information content (AvgIpc) is 2.79. The maximum Gasteiger partial charge on any atom is 0.262 e. The third-order valence-electron chi connectivity index (χ3n) is 4.16. The summed E-state index contributed by atoms with van der Waals surface area (Å²) in [5.41, 5.74) is 0.752. The average molecular weight is 318 g/mol. The molecule has 0 spiro atoms. The number of carbonyl (C=O) groups excluding carboxylic acids is 3. The summed E-state index contributed by atoms with van der Waals surface area (Å²) in [6.45, 7) is 1.61. The Kier molecular flexibility index (Phi) is 4.20. The lowest BCUT2D eigenvalue weighted by Gasteiger charge is -2.27. The summed E-state index contributed by atoms with van der Waals surface area (Å²) >= 11 is 1.88. The van der Waals surface area contributed by atoms with Crippen LogP contribution in [0, 0.1) is 0 Å². The van der Waals surface area contributed by atoms with Crippen molar-refractivity contribution in [3.8, 4) is 0 Å². The number of fused-ring (bicyclic) bond motifs is 1. The largest absolute Gasteiger partial charge is 0.352 e. The summed E-state index contributed by atoms with van der Waals surface area (Å²) in [4.78, 5) is 38.2. The fraction of sp³-hybridized carbons (Fsp3) is 0.438. The van der Waals surface area contributed by atoms with E-state index in [4.69, 9.17) is 0 Å². The lowest BCUT2D eigenvalue weighted by atomic mass is 10.1. The molecule has 0 radical (unpaired) electrons. The molecule has 116 valence electrons. The third kappa shape index (κ3) is 2.63. The van der Waals surface area contributed by atoms with Gasteiger partial charge in [-0.1, -0.05) is 12.1 Å². The summed E-state index contributed by atoms with van der Waals surface area (Å²) in [7, 11) is 0. The Morgan fingerprint density at radius 1 is 1.18 bits per heavy atom. The van der Waals surface area contributed by atoms with Gasteiger partial charge in [0.05, 0.1) is 11.1 Å². The first-order valence-corrected chi connectivity index (χ1v) is 8.60. The van der Waals surface area contributed by atoms with Gasteiger partial charge in [-0.15, -0.1) is 0 Å². The van der Waals surface area contributed by atoms with Crippen LogP contribution in [0.3, 0.4) is 0 Å². The van der Waals surface area contributed by atoms with E-state index < -0.39 is 6.04 Å². The summed E-state index contributed by atoms with van der Waals surface area (Å²) in [6.07, 6.45) is 1.87. The van der Waals surface area contributed by atoms with Crippen molar-refractivity contribution in [2.45, 2.75) is 31.8 Å². The Hall–Kier alpha value is -1.82. The van der Waals surface area contributed by atoms with Crippen LogP contribution in [0.2, 0.25) is 0 Å². The van der Waals surface area contributed by atoms with Crippen LogP contribution in [-0.4, -0.2) is 46.2 Å². The highest BCUT2D eigenvalue weighted by atomic mass is 32.2. The summed E-state index contributed by atoms with van der Waals surface area (Å²) in [6, 6.07) is 6.04. The van der Waals surface area contributed by atoms with Crippen LogP contribution in [0.1, 0.15) is 40.5 Å². The molecular weight excluding hydrogens is 300 g/mol. The fourth-order valence-electron chi connectivity index (χ4n) is 2.84. The number of thioether (sulfide) groups is 1. The van der Waals surface area contributed by atoms with Crippen molar-refractivity contribution >= 4 is 29.5 Å². The van der Waals surface area contributed by atoms with Gasteiger partial charge in [-0.3, -0.25) is 19.3 Å². The van der Waals surface area contributed by atoms with Crippen LogP contribution in [0.15, 0.2) is 24.3 Å². The molecule has 6 heteroatoms. The van der Waals surface area contributed by atoms with E-state index in [0.29, 0.717) is 11.1 Å². The van der Waals surface area contributed by atoms with Gasteiger partial charge in [-0.25, -0.2) is 0 Å². The molecule has 1 aromatic rings. The zero-order chi connectivity index (χ0) is 15.7. The molecule has 0 bridgehead atoms. The normalized spacial score (nSPS) is 20.0. The molecule has 0 aliphatic carbocycles. The molecule has 22 heavy (non-hydrogen) atoms. The van der Waals surface area contributed by atoms with Gasteiger partial charge in [0.25, 0.3) is 11.8 Å². The highest BCUT2D eigenvalue weighted by Crippen LogP contribution is 2.25. The van der Waals surface area contributed by atoms with Crippen molar-refractivity contribution in [3.05, 3.63) is 35.4 Å². The molecule has 2 aliphatic heterocycles. The Bertz CT molecular complexity index is 591. The van der Waals surface area contributed by atoms with E-state index in [9.17, 15) is 14.4 Å². The third-order valence-corrected chi connectivity index (χ3v) is 5.21. The fourth-order valence-corrected chi connectivity index (χ4v) is 3.95. The van der Waals surface area contributed by atoms with Crippen LogP contribution in [0.4, 0.5) is 0 Å². The number of carbonyl (C=O) groups is 3. The molecule has 1 saturated heterocycles. The number of hydrogen-bond donors (Lipinski definition) is 1. The first kappa shape index (κ1) is 15.1. The number of rotatable bonds is 3. The lowest BCUT2D eigenvalue weighted by Crippen LogP contribution is -2.50. The van der Waals surface area contributed by atoms with Crippen LogP contribution in [-0.2, 0) is 4.79 Å². The Labute approximate surface area is 133 Å². The minimum absolute atomic E-state index is 0.145. The quantitative estimate of drug-likeness (QED) is 0.861. The number of benzene rings is 1. The second kappa shape index (κ2) is 6.12. The zero-order valence-electron chi connectivity index (χ0n) is 12.4. The second-order valence-corrected chi connectivity index (χ2v) is 6.82. The molecule has 2 heterocycles. The lowest BCUT2D eigenvalue weighted by molar-refractivity contribution is -0.125. The molecule has 1 fully saturated rings. The Morgan fingerprint density at radius 3 is 2.27 bits per heavy atom. The predicted octanol–water partition coefficient (Wildman–Crippen LogP) is 1.68. The summed E-state index contributed by atoms with van der Waals surface area (Å²) in [5.74, 6) is 1.04. The predicted molar refractivity (Wildman–Crippen MR) is 84.9 cm³/mol. The van der Waals surface area contributed by atoms with E-state index in [-0.39, 0.29) is 23.8 Å². The molecule has 3 amide bonds. The summed E-state index contributed by atoms with van der Waals surface area (Å²) in [5, 5.41) is 2.97. The minimum atomic E-state index is -0.790. The molecule has 1 aromatic carbocycles. The first-order valence-electron chi connectivity index (χ1n) is 7.44. The monoisotopic (exact) mass is 318 g/mol. The molecule has 3 rings (SSSR count). The number of nitrogens with one attached hydrogen (secondary N) is 1. The SMILES string of the molecule is C[C@@H](C(=O)NC1CCSCC1)N1C(=O)c2ccccc2C1=O. The number of imide groups is 1. The number of amides is 3. The van der Waals surface area contributed by atoms with Gasteiger partial charge in [0.15, 0.2) is 0 Å². The van der Waals surface area contributed by atoms with Crippen LogP contribution in [0.25, 0.3) is 0 Å². The van der Waals surface area contributed by atoms with Gasteiger partial charge in [0.2, 0.25) is 5.91 Å². The van der Waals surface area contributed by atoms with Gasteiger partial charge in [-0.2, -0.15) is 11.8 Å². The van der Waals surface area contributed by atoms with Crippen molar-refractivity contribution in [1.29, 1.82) is 0 Å². The molecule has 1 N–H and O–H groups in total. The van der Waals surface area contributed by atoms with E-state index >= 15 is 0 Å². The van der Waals surface area contributed by atoms with Gasteiger partial charge in [0.1, 0.15) is 6.04 Å². The van der Waals surface area contributed by atoms with E-state index in [1.807, 2.05) is 11.8 Å². The molecule has 0 aromatic heterocycles. The van der Waals surface area contributed by atoms with Crippen LogP contribution >= 0.6 is 11.8 Å². The maximum atomic E-state index is 12.4. The van der Waals surface area contributed by atoms with Gasteiger partial charge in [0, 0.05) is 6.04 Å². The molecular formula is C16H18N2O3S. The van der Waals surface area contributed by atoms with Crippen molar-refractivity contribution in [3.63, 3.8) is 0 Å². The van der Waals surface area contributed by atoms with Gasteiger partial charge < -0.3 is 5.32 Å². The van der Waals surface area contributed by atoms with E-state index in [2.05, 4.69) is 5.32 Å². The van der Waals surface area contributed by atoms with E-state index in [1.165, 1.54) is 0 Å². The second-order valence-electron chi connectivity index (χ2n) is 5.60. The molecule has 5 nitrogen and oxygen atoms in total. The van der Waals surface area contributed by atoms with E-state index in [1.54, 1.807) is 31.2 Å². The van der Waals surface area contributed by atoms with E-state index in [0.717, 1.165) is 29.2 Å². The first-order chi connectivity index (χ1) is 10.6. The number of nitrogens with zero attached hydrogens (tertiary/aromatic N) is 1. The molecule has 2 aliphatic rings. The zero-order valence-corrected chi connectivity index (χ0v) is 13.2. The highest BCUT2D eigenvalue weighted by molar-refractivity contribution is 7.99. The number of hydrogen-bond acceptors (Lipinski definition) is 4.